The Morgan fingerprint density at radius 2 is 2.11 bits per heavy atom. The van der Waals surface area contributed by atoms with Gasteiger partial charge in [-0.3, -0.25) is 4.79 Å². The fourth-order valence-corrected chi connectivity index (χ4v) is 3.74. The highest BCUT2D eigenvalue weighted by atomic mass is 16.3. The summed E-state index contributed by atoms with van der Waals surface area (Å²) in [6.07, 6.45) is 5.70. The van der Waals surface area contributed by atoms with E-state index in [0.29, 0.717) is 29.4 Å². The van der Waals surface area contributed by atoms with Crippen molar-refractivity contribution in [1.29, 1.82) is 0 Å². The van der Waals surface area contributed by atoms with Gasteiger partial charge in [0.2, 0.25) is 0 Å². The number of rotatable bonds is 5. The van der Waals surface area contributed by atoms with Crippen LogP contribution in [0.15, 0.2) is 41.5 Å². The second-order valence-corrected chi connectivity index (χ2v) is 7.32. The Kier molecular flexibility index (Phi) is 5.00. The first-order chi connectivity index (χ1) is 13.5. The van der Waals surface area contributed by atoms with Gasteiger partial charge in [-0.25, -0.2) is 9.97 Å². The van der Waals surface area contributed by atoms with E-state index in [1.165, 1.54) is 0 Å². The van der Waals surface area contributed by atoms with Gasteiger partial charge in [-0.15, -0.1) is 0 Å². The predicted octanol–water partition coefficient (Wildman–Crippen LogP) is 3.19. The van der Waals surface area contributed by atoms with Crippen molar-refractivity contribution in [1.82, 2.24) is 14.5 Å². The van der Waals surface area contributed by atoms with E-state index >= 15 is 0 Å². The monoisotopic (exact) mass is 379 g/mol. The van der Waals surface area contributed by atoms with Crippen LogP contribution in [-0.4, -0.2) is 31.8 Å². The van der Waals surface area contributed by atoms with Crippen molar-refractivity contribution >= 4 is 28.2 Å². The van der Waals surface area contributed by atoms with Gasteiger partial charge in [0.15, 0.2) is 0 Å². The first-order valence-corrected chi connectivity index (χ1v) is 9.73. The number of aryl methyl sites for hydroxylation is 2. The SMILES string of the molecule is CCn1ccc2cc(Nc3cc(C)ccn3)nc(N[C@@H]3CCC[C@@H]3O)c2c1=O. The molecule has 0 aliphatic heterocycles. The summed E-state index contributed by atoms with van der Waals surface area (Å²) in [6.45, 7) is 4.53. The quantitative estimate of drug-likeness (QED) is 0.631. The van der Waals surface area contributed by atoms with Crippen LogP contribution in [0.25, 0.3) is 10.8 Å². The van der Waals surface area contributed by atoms with Crippen molar-refractivity contribution in [2.75, 3.05) is 10.6 Å². The van der Waals surface area contributed by atoms with Crippen molar-refractivity contribution in [2.24, 2.45) is 0 Å². The van der Waals surface area contributed by atoms with Gasteiger partial charge < -0.3 is 20.3 Å². The molecule has 7 nitrogen and oxygen atoms in total. The average molecular weight is 379 g/mol. The third kappa shape index (κ3) is 3.57. The van der Waals surface area contributed by atoms with Crippen LogP contribution in [0.4, 0.5) is 17.5 Å². The van der Waals surface area contributed by atoms with Crippen LogP contribution in [-0.2, 0) is 6.54 Å². The first kappa shape index (κ1) is 18.4. The molecule has 1 saturated carbocycles. The molecule has 4 rings (SSSR count). The number of nitrogens with one attached hydrogen (secondary N) is 2. The van der Waals surface area contributed by atoms with Gasteiger partial charge in [-0.2, -0.15) is 0 Å². The van der Waals surface area contributed by atoms with Crippen molar-refractivity contribution in [3.63, 3.8) is 0 Å². The molecule has 1 fully saturated rings. The van der Waals surface area contributed by atoms with Gasteiger partial charge in [-0.05, 0) is 68.3 Å². The Labute approximate surface area is 163 Å². The highest BCUT2D eigenvalue weighted by molar-refractivity contribution is 5.93. The lowest BCUT2D eigenvalue weighted by molar-refractivity contribution is 0.171. The molecular formula is C21H25N5O2. The molecule has 3 N–H and O–H groups in total. The van der Waals surface area contributed by atoms with Gasteiger partial charge in [0.1, 0.15) is 17.5 Å². The molecule has 7 heteroatoms. The number of aromatic nitrogens is 3. The number of hydrogen-bond donors (Lipinski definition) is 3. The normalized spacial score (nSPS) is 19.1. The lowest BCUT2D eigenvalue weighted by Gasteiger charge is -2.19. The molecule has 0 amide bonds. The number of pyridine rings is 3. The Hall–Kier alpha value is -2.93. The van der Waals surface area contributed by atoms with Crippen molar-refractivity contribution in [3.8, 4) is 0 Å². The third-order valence-corrected chi connectivity index (χ3v) is 5.27. The number of aliphatic hydroxyl groups is 1. The zero-order valence-corrected chi connectivity index (χ0v) is 16.1. The maximum Gasteiger partial charge on any atom is 0.262 e. The summed E-state index contributed by atoms with van der Waals surface area (Å²) in [4.78, 5) is 21.9. The fraction of sp³-hybridized carbons (Fsp3) is 0.381. The predicted molar refractivity (Wildman–Crippen MR) is 111 cm³/mol. The van der Waals surface area contributed by atoms with Crippen LogP contribution >= 0.6 is 0 Å². The summed E-state index contributed by atoms with van der Waals surface area (Å²) in [6, 6.07) is 7.55. The molecule has 0 aromatic carbocycles. The van der Waals surface area contributed by atoms with E-state index in [2.05, 4.69) is 20.6 Å². The van der Waals surface area contributed by atoms with Crippen LogP contribution in [0.5, 0.6) is 0 Å². The van der Waals surface area contributed by atoms with Gasteiger partial charge in [-0.1, -0.05) is 0 Å². The minimum Gasteiger partial charge on any atom is -0.391 e. The second kappa shape index (κ2) is 7.59. The molecule has 1 aliphatic rings. The number of anilines is 3. The highest BCUT2D eigenvalue weighted by Gasteiger charge is 2.26. The van der Waals surface area contributed by atoms with Gasteiger partial charge in [0.25, 0.3) is 5.56 Å². The molecule has 146 valence electrons. The standard InChI is InChI=1S/C21H25N5O2/c1-3-26-10-8-14-12-18(24-17-11-13(2)7-9-22-17)25-20(19(14)21(26)28)23-15-5-4-6-16(15)27/h7-12,15-16,27H,3-6H2,1-2H3,(H2,22,23,24,25)/t15-,16+/m1/s1. The zero-order valence-electron chi connectivity index (χ0n) is 16.1. The van der Waals surface area contributed by atoms with Crippen LogP contribution in [0, 0.1) is 6.92 Å². The summed E-state index contributed by atoms with van der Waals surface area (Å²) < 4.78 is 1.66. The smallest absolute Gasteiger partial charge is 0.262 e. The molecule has 3 heterocycles. The maximum atomic E-state index is 12.9. The molecule has 3 aromatic heterocycles. The van der Waals surface area contributed by atoms with Crippen LogP contribution < -0.4 is 16.2 Å². The van der Waals surface area contributed by atoms with Gasteiger partial charge in [0, 0.05) is 18.9 Å². The summed E-state index contributed by atoms with van der Waals surface area (Å²) in [5.74, 6) is 1.81. The molecule has 1 aliphatic carbocycles. The van der Waals surface area contributed by atoms with Crippen molar-refractivity contribution in [2.45, 2.75) is 51.8 Å². The van der Waals surface area contributed by atoms with Crippen molar-refractivity contribution in [3.05, 3.63) is 52.6 Å². The van der Waals surface area contributed by atoms with E-state index in [9.17, 15) is 9.90 Å². The molecule has 0 saturated heterocycles. The molecule has 2 atom stereocenters. The van der Waals surface area contributed by atoms with E-state index in [-0.39, 0.29) is 11.6 Å². The zero-order chi connectivity index (χ0) is 19.7. The average Bonchev–Trinajstić information content (AvgIpc) is 3.06. The molecule has 0 spiro atoms. The molecule has 0 radical (unpaired) electrons. The Bertz CT molecular complexity index is 1060. The minimum absolute atomic E-state index is 0.0808. The summed E-state index contributed by atoms with van der Waals surface area (Å²) in [5.41, 5.74) is 1.01. The Balaban J connectivity index is 1.80. The molecular weight excluding hydrogens is 354 g/mol. The molecule has 3 aromatic rings. The van der Waals surface area contributed by atoms with Gasteiger partial charge in [0.05, 0.1) is 17.5 Å². The van der Waals surface area contributed by atoms with E-state index < -0.39 is 6.10 Å². The van der Waals surface area contributed by atoms with E-state index in [1.54, 1.807) is 17.0 Å². The van der Waals surface area contributed by atoms with Gasteiger partial charge >= 0.3 is 0 Å². The largest absolute Gasteiger partial charge is 0.391 e. The molecule has 0 bridgehead atoms. The number of fused-ring (bicyclic) bond motifs is 1. The van der Waals surface area contributed by atoms with Crippen LogP contribution in [0.3, 0.4) is 0 Å². The molecule has 28 heavy (non-hydrogen) atoms. The lowest BCUT2D eigenvalue weighted by Crippen LogP contribution is -2.30. The second-order valence-electron chi connectivity index (χ2n) is 7.32. The lowest BCUT2D eigenvalue weighted by atomic mass is 10.1. The minimum atomic E-state index is -0.427. The van der Waals surface area contributed by atoms with E-state index in [1.807, 2.05) is 38.1 Å². The van der Waals surface area contributed by atoms with Crippen LogP contribution in [0.1, 0.15) is 31.7 Å². The summed E-state index contributed by atoms with van der Waals surface area (Å²) >= 11 is 0. The summed E-state index contributed by atoms with van der Waals surface area (Å²) in [5, 5.41) is 18.1. The Morgan fingerprint density at radius 1 is 1.25 bits per heavy atom. The van der Waals surface area contributed by atoms with Crippen LogP contribution in [0.2, 0.25) is 0 Å². The number of aliphatic hydroxyl groups excluding tert-OH is 1. The highest BCUT2D eigenvalue weighted by Crippen LogP contribution is 2.28. The number of nitrogens with zero attached hydrogens (tertiary/aromatic N) is 3. The van der Waals surface area contributed by atoms with E-state index in [0.717, 1.165) is 30.2 Å². The van der Waals surface area contributed by atoms with Crippen molar-refractivity contribution < 1.29 is 5.11 Å². The fourth-order valence-electron chi connectivity index (χ4n) is 3.74. The maximum absolute atomic E-state index is 12.9. The Morgan fingerprint density at radius 3 is 2.82 bits per heavy atom. The topological polar surface area (TPSA) is 92.1 Å². The first-order valence-electron chi connectivity index (χ1n) is 9.73. The third-order valence-electron chi connectivity index (χ3n) is 5.27. The summed E-state index contributed by atoms with van der Waals surface area (Å²) in [7, 11) is 0. The number of hydrogen-bond acceptors (Lipinski definition) is 6. The molecule has 0 unspecified atom stereocenters. The van der Waals surface area contributed by atoms with E-state index in [4.69, 9.17) is 0 Å².